The summed E-state index contributed by atoms with van der Waals surface area (Å²) in [6.45, 7) is 3.33. The Morgan fingerprint density at radius 3 is 2.85 bits per heavy atom. The van der Waals surface area contributed by atoms with E-state index < -0.39 is 6.10 Å². The minimum absolute atomic E-state index is 0.0268. The molecule has 0 spiro atoms. The predicted molar refractivity (Wildman–Crippen MR) is 106 cm³/mol. The van der Waals surface area contributed by atoms with Crippen molar-refractivity contribution >= 4 is 17.4 Å². The fourth-order valence-corrected chi connectivity index (χ4v) is 5.05. The number of methoxy groups -OCH3 is 1. The third kappa shape index (κ3) is 5.88. The van der Waals surface area contributed by atoms with E-state index in [1.807, 2.05) is 7.05 Å². The fourth-order valence-electron chi connectivity index (χ4n) is 3.84. The molecule has 0 bridgehead atoms. The molecule has 1 fully saturated rings. The van der Waals surface area contributed by atoms with Crippen LogP contribution >= 0.6 is 11.3 Å². The Kier molecular flexibility index (Phi) is 7.46. The Bertz CT molecular complexity index is 593. The molecular weight excluding hydrogens is 364 g/mol. The van der Waals surface area contributed by atoms with Crippen LogP contribution < -0.4 is 5.32 Å². The number of aryl methyl sites for hydroxylation is 2. The molecule has 1 atom stereocenters. The topological polar surface area (TPSA) is 77.9 Å². The van der Waals surface area contributed by atoms with E-state index in [0.29, 0.717) is 19.7 Å². The molecule has 2 heterocycles. The van der Waals surface area contributed by atoms with Gasteiger partial charge in [0.05, 0.1) is 24.9 Å². The summed E-state index contributed by atoms with van der Waals surface area (Å²) >= 11 is 1.76. The second kappa shape index (κ2) is 9.82. The molecule has 1 aliphatic heterocycles. The summed E-state index contributed by atoms with van der Waals surface area (Å²) in [5.41, 5.74) is 1.25. The van der Waals surface area contributed by atoms with Gasteiger partial charge in [-0.3, -0.25) is 0 Å². The van der Waals surface area contributed by atoms with Crippen molar-refractivity contribution in [2.24, 2.45) is 0 Å². The number of fused-ring (bicyclic) bond motifs is 1. The van der Waals surface area contributed by atoms with Gasteiger partial charge >= 0.3 is 6.03 Å². The molecule has 2 N–H and O–H groups in total. The van der Waals surface area contributed by atoms with Gasteiger partial charge in [-0.1, -0.05) is 0 Å². The van der Waals surface area contributed by atoms with Crippen LogP contribution in [0.3, 0.4) is 0 Å². The molecule has 1 unspecified atom stereocenters. The summed E-state index contributed by atoms with van der Waals surface area (Å²) in [7, 11) is 3.44. The van der Waals surface area contributed by atoms with Gasteiger partial charge in [0.2, 0.25) is 0 Å². The van der Waals surface area contributed by atoms with Crippen LogP contribution in [0.15, 0.2) is 0 Å². The molecule has 27 heavy (non-hydrogen) atoms. The van der Waals surface area contributed by atoms with Gasteiger partial charge in [0.15, 0.2) is 0 Å². The van der Waals surface area contributed by atoms with Crippen molar-refractivity contribution in [3.63, 3.8) is 0 Å². The number of carbonyl (C=O) groups excluding carboxylic acids is 1. The number of β-amino-alcohol motifs (C(OH)–C–C–N with tert-alkyl or cyclic N) is 1. The zero-order valence-electron chi connectivity index (χ0n) is 16.4. The highest BCUT2D eigenvalue weighted by Gasteiger charge is 2.24. The van der Waals surface area contributed by atoms with E-state index in [1.54, 1.807) is 23.3 Å². The zero-order valence-corrected chi connectivity index (χ0v) is 17.3. The van der Waals surface area contributed by atoms with Gasteiger partial charge in [0.25, 0.3) is 0 Å². The molecule has 0 saturated carbocycles. The lowest BCUT2D eigenvalue weighted by Crippen LogP contribution is -2.49. The van der Waals surface area contributed by atoms with E-state index in [1.165, 1.54) is 23.4 Å². The van der Waals surface area contributed by atoms with Crippen LogP contribution in [-0.4, -0.2) is 78.5 Å². The van der Waals surface area contributed by atoms with Gasteiger partial charge in [0.1, 0.15) is 5.01 Å². The summed E-state index contributed by atoms with van der Waals surface area (Å²) in [6, 6.07) is 0.168. The lowest BCUT2D eigenvalue weighted by molar-refractivity contribution is 0.0312. The van der Waals surface area contributed by atoms with Crippen molar-refractivity contribution in [1.29, 1.82) is 0 Å². The Morgan fingerprint density at radius 1 is 1.41 bits per heavy atom. The maximum Gasteiger partial charge on any atom is 0.317 e. The number of thiazole rings is 1. The molecule has 1 aromatic rings. The number of aliphatic hydroxyl groups is 1. The molecule has 1 aliphatic carbocycles. The largest absolute Gasteiger partial charge is 0.389 e. The summed E-state index contributed by atoms with van der Waals surface area (Å²) in [6.07, 6.45) is 6.08. The van der Waals surface area contributed by atoms with Crippen molar-refractivity contribution < 1.29 is 14.6 Å². The highest BCUT2D eigenvalue weighted by atomic mass is 32.1. The van der Waals surface area contributed by atoms with Gasteiger partial charge in [-0.2, -0.15) is 0 Å². The highest BCUT2D eigenvalue weighted by molar-refractivity contribution is 7.11. The smallest absolute Gasteiger partial charge is 0.317 e. The zero-order chi connectivity index (χ0) is 19.2. The first-order valence-electron chi connectivity index (χ1n) is 9.93. The molecule has 0 radical (unpaired) electrons. The number of rotatable bonds is 7. The van der Waals surface area contributed by atoms with Gasteiger partial charge in [-0.05, 0) is 38.5 Å². The molecule has 7 nitrogen and oxygen atoms in total. The van der Waals surface area contributed by atoms with E-state index in [-0.39, 0.29) is 12.1 Å². The summed E-state index contributed by atoms with van der Waals surface area (Å²) in [5, 5.41) is 14.0. The summed E-state index contributed by atoms with van der Waals surface area (Å²) < 4.78 is 4.98. The normalized spacial score (nSPS) is 19.5. The Labute approximate surface area is 165 Å². The number of nitrogens with one attached hydrogen (secondary N) is 1. The van der Waals surface area contributed by atoms with E-state index >= 15 is 0 Å². The number of carbonyl (C=O) groups is 1. The number of ether oxygens (including phenoxy) is 1. The monoisotopic (exact) mass is 396 g/mol. The number of urea groups is 1. The third-order valence-electron chi connectivity index (χ3n) is 5.35. The maximum atomic E-state index is 12.5. The van der Waals surface area contributed by atoms with Crippen molar-refractivity contribution in [1.82, 2.24) is 20.1 Å². The minimum Gasteiger partial charge on any atom is -0.389 e. The second-order valence-electron chi connectivity index (χ2n) is 7.67. The maximum absolute atomic E-state index is 12.5. The Hall–Kier alpha value is -1.22. The van der Waals surface area contributed by atoms with Crippen LogP contribution in [0.25, 0.3) is 0 Å². The van der Waals surface area contributed by atoms with Crippen LogP contribution in [0.2, 0.25) is 0 Å². The van der Waals surface area contributed by atoms with Crippen molar-refractivity contribution in [3.05, 3.63) is 15.6 Å². The third-order valence-corrected chi connectivity index (χ3v) is 6.49. The summed E-state index contributed by atoms with van der Waals surface area (Å²) in [5.74, 6) is 0. The molecule has 2 amide bonds. The quantitative estimate of drug-likeness (QED) is 0.733. The number of aliphatic hydroxyl groups excluding tert-OH is 1. The van der Waals surface area contributed by atoms with E-state index in [4.69, 9.17) is 9.72 Å². The first kappa shape index (κ1) is 20.5. The molecule has 2 aliphatic rings. The first-order chi connectivity index (χ1) is 13.0. The fraction of sp³-hybridized carbons (Fsp3) is 0.789. The van der Waals surface area contributed by atoms with Crippen LogP contribution in [0.1, 0.15) is 41.3 Å². The van der Waals surface area contributed by atoms with Crippen molar-refractivity contribution in [3.8, 4) is 0 Å². The van der Waals surface area contributed by atoms with E-state index in [2.05, 4.69) is 10.2 Å². The number of likely N-dealkylation sites (tertiary alicyclic amines) is 1. The number of amides is 2. The van der Waals surface area contributed by atoms with Crippen molar-refractivity contribution in [2.45, 2.75) is 57.2 Å². The van der Waals surface area contributed by atoms with Crippen LogP contribution in [0.5, 0.6) is 0 Å². The average molecular weight is 397 g/mol. The number of aromatic nitrogens is 1. The second-order valence-corrected chi connectivity index (χ2v) is 8.84. The van der Waals surface area contributed by atoms with Crippen LogP contribution in [0.4, 0.5) is 4.79 Å². The molecule has 152 valence electrons. The molecule has 1 aromatic heterocycles. The molecule has 3 rings (SSSR count). The molecule has 8 heteroatoms. The standard InChI is InChI=1S/C19H32N4O3S/c1-22(12-18-21-16-5-3-4-6-17(16)27-18)19(25)20-14-7-9-23(10-8-14)11-15(24)13-26-2/h14-15,24H,3-13H2,1-2H3,(H,20,25). The molecule has 0 aromatic carbocycles. The molecule has 1 saturated heterocycles. The van der Waals surface area contributed by atoms with Gasteiger partial charge in [0, 0.05) is 44.7 Å². The van der Waals surface area contributed by atoms with Crippen LogP contribution in [0, 0.1) is 0 Å². The minimum atomic E-state index is -0.448. The van der Waals surface area contributed by atoms with Crippen molar-refractivity contribution in [2.75, 3.05) is 40.4 Å². The predicted octanol–water partition coefficient (Wildman–Crippen LogP) is 1.63. The van der Waals surface area contributed by atoms with Gasteiger partial charge in [-0.15, -0.1) is 11.3 Å². The lowest BCUT2D eigenvalue weighted by atomic mass is 10.0. The van der Waals surface area contributed by atoms with Gasteiger partial charge < -0.3 is 25.0 Å². The lowest BCUT2D eigenvalue weighted by Gasteiger charge is -2.34. The SMILES string of the molecule is COCC(O)CN1CCC(NC(=O)N(C)Cc2nc3c(s2)CCCC3)CC1. The number of nitrogens with zero attached hydrogens (tertiary/aromatic N) is 3. The van der Waals surface area contributed by atoms with Crippen LogP contribution in [-0.2, 0) is 24.1 Å². The number of hydrogen-bond acceptors (Lipinski definition) is 6. The average Bonchev–Trinajstić information content (AvgIpc) is 3.05. The Balaban J connectivity index is 1.40. The Morgan fingerprint density at radius 2 is 2.15 bits per heavy atom. The summed E-state index contributed by atoms with van der Waals surface area (Å²) in [4.78, 5) is 22.6. The molecular formula is C19H32N4O3S. The first-order valence-corrected chi connectivity index (χ1v) is 10.7. The number of hydrogen-bond donors (Lipinski definition) is 2. The van der Waals surface area contributed by atoms with E-state index in [9.17, 15) is 9.90 Å². The highest BCUT2D eigenvalue weighted by Crippen LogP contribution is 2.27. The number of piperidine rings is 1. The van der Waals surface area contributed by atoms with E-state index in [0.717, 1.165) is 43.8 Å². The van der Waals surface area contributed by atoms with Gasteiger partial charge in [-0.25, -0.2) is 9.78 Å².